The van der Waals surface area contributed by atoms with Gasteiger partial charge in [-0.25, -0.2) is 4.68 Å². The number of anilines is 1. The first kappa shape index (κ1) is 15.3. The van der Waals surface area contributed by atoms with E-state index in [0.29, 0.717) is 43.6 Å². The van der Waals surface area contributed by atoms with Gasteiger partial charge in [-0.05, 0) is 17.7 Å². The highest BCUT2D eigenvalue weighted by Gasteiger charge is 2.18. The van der Waals surface area contributed by atoms with Crippen molar-refractivity contribution in [3.8, 4) is 0 Å². The van der Waals surface area contributed by atoms with Crippen molar-refractivity contribution < 1.29 is 4.74 Å². The number of hydrogen-bond acceptors (Lipinski definition) is 4. The summed E-state index contributed by atoms with van der Waals surface area (Å²) in [5.41, 5.74) is 1.32. The van der Waals surface area contributed by atoms with E-state index in [0.717, 1.165) is 5.56 Å². The van der Waals surface area contributed by atoms with Crippen molar-refractivity contribution in [1.82, 2.24) is 9.78 Å². The quantitative estimate of drug-likeness (QED) is 0.861. The molecule has 0 aliphatic carbocycles. The lowest BCUT2D eigenvalue weighted by atomic mass is 10.2. The van der Waals surface area contributed by atoms with Gasteiger partial charge in [-0.3, -0.25) is 4.79 Å². The minimum atomic E-state index is -0.291. The van der Waals surface area contributed by atoms with Gasteiger partial charge >= 0.3 is 0 Å². The van der Waals surface area contributed by atoms with E-state index in [4.69, 9.17) is 27.9 Å². The molecule has 1 aliphatic heterocycles. The molecule has 1 aromatic carbocycles. The van der Waals surface area contributed by atoms with Gasteiger partial charge < -0.3 is 9.64 Å². The number of nitrogens with zero attached hydrogens (tertiary/aromatic N) is 3. The van der Waals surface area contributed by atoms with Crippen LogP contribution in [0.5, 0.6) is 0 Å². The number of aromatic nitrogens is 2. The standard InChI is InChI=1S/C15H15Cl2N3O2/c16-12-3-1-11(2-4-12)10-20-15(21)14(17)13(9-18-20)19-5-7-22-8-6-19/h1-4,9H,5-8,10H2. The zero-order chi connectivity index (χ0) is 15.5. The van der Waals surface area contributed by atoms with Crippen molar-refractivity contribution in [1.29, 1.82) is 0 Å². The Kier molecular flexibility index (Phi) is 4.66. The molecule has 2 heterocycles. The molecule has 1 fully saturated rings. The fraction of sp³-hybridized carbons (Fsp3) is 0.333. The molecule has 116 valence electrons. The second-order valence-electron chi connectivity index (χ2n) is 5.03. The van der Waals surface area contributed by atoms with Crippen LogP contribution in [-0.2, 0) is 11.3 Å². The van der Waals surface area contributed by atoms with Crippen molar-refractivity contribution >= 4 is 28.9 Å². The van der Waals surface area contributed by atoms with Crippen molar-refractivity contribution in [3.05, 3.63) is 56.4 Å². The van der Waals surface area contributed by atoms with Crippen LogP contribution in [-0.4, -0.2) is 36.1 Å². The summed E-state index contributed by atoms with van der Waals surface area (Å²) in [7, 11) is 0. The van der Waals surface area contributed by atoms with Gasteiger partial charge in [-0.1, -0.05) is 35.3 Å². The van der Waals surface area contributed by atoms with Crippen LogP contribution in [0.15, 0.2) is 35.3 Å². The Morgan fingerprint density at radius 1 is 1.14 bits per heavy atom. The van der Waals surface area contributed by atoms with Crippen molar-refractivity contribution in [2.75, 3.05) is 31.2 Å². The van der Waals surface area contributed by atoms with Crippen LogP contribution in [0, 0.1) is 0 Å². The molecule has 0 saturated carbocycles. The molecule has 0 atom stereocenters. The van der Waals surface area contributed by atoms with Crippen molar-refractivity contribution in [2.24, 2.45) is 0 Å². The number of halogens is 2. The summed E-state index contributed by atoms with van der Waals surface area (Å²) in [5.74, 6) is 0. The lowest BCUT2D eigenvalue weighted by Crippen LogP contribution is -2.38. The molecule has 1 aromatic heterocycles. The smallest absolute Gasteiger partial charge is 0.287 e. The predicted octanol–water partition coefficient (Wildman–Crippen LogP) is 2.44. The average molecular weight is 340 g/mol. The average Bonchev–Trinajstić information content (AvgIpc) is 2.55. The summed E-state index contributed by atoms with van der Waals surface area (Å²) >= 11 is 12.1. The van der Waals surface area contributed by atoms with Gasteiger partial charge in [0.15, 0.2) is 0 Å². The molecule has 0 amide bonds. The number of ether oxygens (including phenoxy) is 1. The molecule has 0 unspecified atom stereocenters. The maximum atomic E-state index is 12.4. The monoisotopic (exact) mass is 339 g/mol. The minimum Gasteiger partial charge on any atom is -0.378 e. The predicted molar refractivity (Wildman–Crippen MR) is 87.1 cm³/mol. The normalized spacial score (nSPS) is 15.1. The third kappa shape index (κ3) is 3.27. The van der Waals surface area contributed by atoms with E-state index in [1.807, 2.05) is 17.0 Å². The molecule has 3 rings (SSSR count). The topological polar surface area (TPSA) is 47.4 Å². The molecule has 0 N–H and O–H groups in total. The molecular formula is C15H15Cl2N3O2. The van der Waals surface area contributed by atoms with Gasteiger partial charge in [-0.2, -0.15) is 5.10 Å². The maximum Gasteiger partial charge on any atom is 0.287 e. The van der Waals surface area contributed by atoms with E-state index in [9.17, 15) is 4.79 Å². The Balaban J connectivity index is 1.86. The Hall–Kier alpha value is -1.56. The van der Waals surface area contributed by atoms with Crippen LogP contribution < -0.4 is 10.5 Å². The molecule has 2 aromatic rings. The van der Waals surface area contributed by atoms with Gasteiger partial charge in [0.1, 0.15) is 5.02 Å². The zero-order valence-corrected chi connectivity index (χ0v) is 13.3. The second kappa shape index (κ2) is 6.69. The summed E-state index contributed by atoms with van der Waals surface area (Å²) in [6, 6.07) is 7.29. The summed E-state index contributed by atoms with van der Waals surface area (Å²) in [4.78, 5) is 14.4. The Labute approximate surface area is 138 Å². The number of benzene rings is 1. The van der Waals surface area contributed by atoms with E-state index in [-0.39, 0.29) is 10.6 Å². The number of rotatable bonds is 3. The largest absolute Gasteiger partial charge is 0.378 e. The van der Waals surface area contributed by atoms with Crippen LogP contribution in [0.3, 0.4) is 0 Å². The molecule has 0 radical (unpaired) electrons. The molecular weight excluding hydrogens is 325 g/mol. The first-order chi connectivity index (χ1) is 10.6. The summed E-state index contributed by atoms with van der Waals surface area (Å²) < 4.78 is 6.66. The van der Waals surface area contributed by atoms with Crippen LogP contribution in [0.25, 0.3) is 0 Å². The number of hydrogen-bond donors (Lipinski definition) is 0. The highest BCUT2D eigenvalue weighted by atomic mass is 35.5. The van der Waals surface area contributed by atoms with Gasteiger partial charge in [0.05, 0.1) is 31.6 Å². The fourth-order valence-corrected chi connectivity index (χ4v) is 2.75. The molecule has 5 nitrogen and oxygen atoms in total. The van der Waals surface area contributed by atoms with E-state index in [2.05, 4.69) is 5.10 Å². The third-order valence-electron chi connectivity index (χ3n) is 3.56. The Morgan fingerprint density at radius 2 is 1.82 bits per heavy atom. The lowest BCUT2D eigenvalue weighted by molar-refractivity contribution is 0.122. The van der Waals surface area contributed by atoms with E-state index in [1.165, 1.54) is 4.68 Å². The Morgan fingerprint density at radius 3 is 2.50 bits per heavy atom. The van der Waals surface area contributed by atoms with Crippen LogP contribution >= 0.6 is 23.2 Å². The SMILES string of the molecule is O=c1c(Cl)c(N2CCOCC2)cnn1Cc1ccc(Cl)cc1. The van der Waals surface area contributed by atoms with Gasteiger partial charge in [0.2, 0.25) is 0 Å². The molecule has 0 spiro atoms. The molecule has 1 aliphatic rings. The first-order valence-corrected chi connectivity index (χ1v) is 7.73. The van der Waals surface area contributed by atoms with Crippen molar-refractivity contribution in [3.63, 3.8) is 0 Å². The third-order valence-corrected chi connectivity index (χ3v) is 4.17. The zero-order valence-electron chi connectivity index (χ0n) is 11.8. The summed E-state index contributed by atoms with van der Waals surface area (Å²) in [6.45, 7) is 3.04. The van der Waals surface area contributed by atoms with Crippen LogP contribution in [0.2, 0.25) is 10.0 Å². The summed E-state index contributed by atoms with van der Waals surface area (Å²) in [5, 5.41) is 5.09. The number of morpholine rings is 1. The van der Waals surface area contributed by atoms with Gasteiger partial charge in [0, 0.05) is 18.1 Å². The highest BCUT2D eigenvalue weighted by Crippen LogP contribution is 2.22. The van der Waals surface area contributed by atoms with Gasteiger partial charge in [0.25, 0.3) is 5.56 Å². The lowest BCUT2D eigenvalue weighted by Gasteiger charge is -2.29. The van der Waals surface area contributed by atoms with E-state index < -0.39 is 0 Å². The molecule has 22 heavy (non-hydrogen) atoms. The van der Waals surface area contributed by atoms with Crippen molar-refractivity contribution in [2.45, 2.75) is 6.54 Å². The first-order valence-electron chi connectivity index (χ1n) is 6.98. The van der Waals surface area contributed by atoms with Crippen LogP contribution in [0.1, 0.15) is 5.56 Å². The maximum absolute atomic E-state index is 12.4. The summed E-state index contributed by atoms with van der Waals surface area (Å²) in [6.07, 6.45) is 1.64. The van der Waals surface area contributed by atoms with Crippen LogP contribution in [0.4, 0.5) is 5.69 Å². The van der Waals surface area contributed by atoms with Gasteiger partial charge in [-0.15, -0.1) is 0 Å². The molecule has 1 saturated heterocycles. The Bertz CT molecular complexity index is 710. The second-order valence-corrected chi connectivity index (χ2v) is 5.85. The molecule has 0 bridgehead atoms. The van der Waals surface area contributed by atoms with E-state index in [1.54, 1.807) is 18.3 Å². The molecule has 7 heteroatoms. The highest BCUT2D eigenvalue weighted by molar-refractivity contribution is 6.33. The van der Waals surface area contributed by atoms with E-state index >= 15 is 0 Å². The fourth-order valence-electron chi connectivity index (χ4n) is 2.36. The minimum absolute atomic E-state index is 0.200.